The standard InChI is InChI=1S/C30H26FN5O2/c1-35(19-21-12-14-25(31)15-13-21)27(37)22-16-17-33-26(18-22)20-36-28(38)30(34-29(36)32,23-8-4-2-5-9-23)24-10-6-3-7-11-24/h2-18H,19-20H2,1H3,(H2,32,34). The van der Waals surface area contributed by atoms with Crippen LogP contribution < -0.4 is 5.73 Å². The van der Waals surface area contributed by atoms with Gasteiger partial charge < -0.3 is 10.6 Å². The summed E-state index contributed by atoms with van der Waals surface area (Å²) in [7, 11) is 1.68. The van der Waals surface area contributed by atoms with Crippen LogP contribution in [0.5, 0.6) is 0 Å². The van der Waals surface area contributed by atoms with Crippen molar-refractivity contribution in [1.29, 1.82) is 0 Å². The maximum Gasteiger partial charge on any atom is 0.266 e. The van der Waals surface area contributed by atoms with Gasteiger partial charge in [-0.05, 0) is 41.0 Å². The Balaban J connectivity index is 1.40. The molecule has 8 heteroatoms. The van der Waals surface area contributed by atoms with Crippen molar-refractivity contribution in [3.8, 4) is 0 Å². The minimum absolute atomic E-state index is 0.0539. The zero-order valence-corrected chi connectivity index (χ0v) is 20.8. The Labute approximate surface area is 220 Å². The Morgan fingerprint density at radius 3 is 2.16 bits per heavy atom. The summed E-state index contributed by atoms with van der Waals surface area (Å²) in [5.41, 5.74) is 8.16. The van der Waals surface area contributed by atoms with Crippen molar-refractivity contribution in [3.05, 3.63) is 137 Å². The summed E-state index contributed by atoms with van der Waals surface area (Å²) in [5, 5.41) is 0. The van der Waals surface area contributed by atoms with Crippen LogP contribution in [0.1, 0.15) is 32.7 Å². The lowest BCUT2D eigenvalue weighted by Crippen LogP contribution is -2.43. The van der Waals surface area contributed by atoms with E-state index in [1.807, 2.05) is 60.7 Å². The number of carbonyl (C=O) groups is 2. The molecule has 1 aliphatic rings. The van der Waals surface area contributed by atoms with E-state index >= 15 is 0 Å². The third kappa shape index (κ3) is 4.64. The van der Waals surface area contributed by atoms with Crippen LogP contribution in [0.15, 0.2) is 108 Å². The number of guanidine groups is 1. The molecule has 0 unspecified atom stereocenters. The van der Waals surface area contributed by atoms with Crippen LogP contribution in [0.4, 0.5) is 4.39 Å². The number of nitrogens with two attached hydrogens (primary N) is 1. The van der Waals surface area contributed by atoms with Gasteiger partial charge in [0.2, 0.25) is 0 Å². The van der Waals surface area contributed by atoms with Crippen molar-refractivity contribution >= 4 is 17.8 Å². The molecule has 5 rings (SSSR count). The third-order valence-corrected chi connectivity index (χ3v) is 6.56. The van der Waals surface area contributed by atoms with Gasteiger partial charge in [-0.3, -0.25) is 19.5 Å². The average molecular weight is 508 g/mol. The number of nitrogens with zero attached hydrogens (tertiary/aromatic N) is 4. The number of hydrogen-bond acceptors (Lipinski definition) is 5. The largest absolute Gasteiger partial charge is 0.369 e. The summed E-state index contributed by atoms with van der Waals surface area (Å²) < 4.78 is 13.2. The molecule has 7 nitrogen and oxygen atoms in total. The maximum atomic E-state index is 14.0. The van der Waals surface area contributed by atoms with E-state index in [1.165, 1.54) is 23.2 Å². The molecule has 38 heavy (non-hydrogen) atoms. The lowest BCUT2D eigenvalue weighted by atomic mass is 9.83. The van der Waals surface area contributed by atoms with Crippen molar-refractivity contribution in [2.45, 2.75) is 18.6 Å². The molecular weight excluding hydrogens is 481 g/mol. The first-order chi connectivity index (χ1) is 18.4. The summed E-state index contributed by atoms with van der Waals surface area (Å²) in [5.74, 6) is -0.770. The van der Waals surface area contributed by atoms with Crippen molar-refractivity contribution in [1.82, 2.24) is 14.8 Å². The molecule has 3 aromatic carbocycles. The number of pyridine rings is 1. The number of hydrogen-bond donors (Lipinski definition) is 1. The fourth-order valence-corrected chi connectivity index (χ4v) is 4.65. The molecule has 0 fully saturated rings. The zero-order chi connectivity index (χ0) is 26.7. The predicted molar refractivity (Wildman–Crippen MR) is 142 cm³/mol. The lowest BCUT2D eigenvalue weighted by molar-refractivity contribution is -0.130. The van der Waals surface area contributed by atoms with Gasteiger partial charge in [0, 0.05) is 25.4 Å². The molecule has 0 saturated carbocycles. The number of benzene rings is 3. The Hall–Kier alpha value is -4.85. The molecule has 190 valence electrons. The first-order valence-corrected chi connectivity index (χ1v) is 12.1. The Morgan fingerprint density at radius 1 is 0.947 bits per heavy atom. The maximum absolute atomic E-state index is 14.0. The van der Waals surface area contributed by atoms with Gasteiger partial charge in [-0.25, -0.2) is 9.38 Å². The Kier molecular flexibility index (Phi) is 6.70. The molecule has 0 atom stereocenters. The molecule has 1 aliphatic heterocycles. The van der Waals surface area contributed by atoms with Crippen LogP contribution >= 0.6 is 0 Å². The molecule has 4 aromatic rings. The second kappa shape index (κ2) is 10.3. The fraction of sp³-hybridized carbons (Fsp3) is 0.133. The molecule has 0 aliphatic carbocycles. The monoisotopic (exact) mass is 507 g/mol. The molecule has 0 radical (unpaired) electrons. The highest BCUT2D eigenvalue weighted by atomic mass is 19.1. The molecule has 2 N–H and O–H groups in total. The summed E-state index contributed by atoms with van der Waals surface area (Å²) >= 11 is 0. The summed E-state index contributed by atoms with van der Waals surface area (Å²) in [6.45, 7) is 0.371. The highest BCUT2D eigenvalue weighted by molar-refractivity contribution is 6.09. The summed E-state index contributed by atoms with van der Waals surface area (Å²) in [6, 6.07) is 27.9. The smallest absolute Gasteiger partial charge is 0.266 e. The van der Waals surface area contributed by atoms with Crippen LogP contribution in [0.3, 0.4) is 0 Å². The molecular formula is C30H26FN5O2. The zero-order valence-electron chi connectivity index (χ0n) is 20.8. The highest BCUT2D eigenvalue weighted by Crippen LogP contribution is 2.39. The molecule has 0 bridgehead atoms. The van der Waals surface area contributed by atoms with E-state index in [4.69, 9.17) is 10.7 Å². The van der Waals surface area contributed by atoms with E-state index in [0.717, 1.165) is 5.56 Å². The van der Waals surface area contributed by atoms with Gasteiger partial charge in [-0.15, -0.1) is 0 Å². The van der Waals surface area contributed by atoms with E-state index in [2.05, 4.69) is 4.98 Å². The minimum Gasteiger partial charge on any atom is -0.369 e. The summed E-state index contributed by atoms with van der Waals surface area (Å²) in [4.78, 5) is 39.1. The molecule has 0 saturated heterocycles. The molecule has 1 aromatic heterocycles. The first-order valence-electron chi connectivity index (χ1n) is 12.1. The van der Waals surface area contributed by atoms with Gasteiger partial charge in [0.05, 0.1) is 12.2 Å². The van der Waals surface area contributed by atoms with E-state index in [-0.39, 0.29) is 30.1 Å². The average Bonchev–Trinajstić information content (AvgIpc) is 3.20. The molecule has 2 heterocycles. The second-order valence-corrected chi connectivity index (χ2v) is 9.13. The van der Waals surface area contributed by atoms with Gasteiger partial charge in [0.25, 0.3) is 11.8 Å². The van der Waals surface area contributed by atoms with Gasteiger partial charge in [-0.1, -0.05) is 72.8 Å². The Morgan fingerprint density at radius 2 is 1.55 bits per heavy atom. The van der Waals surface area contributed by atoms with E-state index in [0.29, 0.717) is 28.9 Å². The highest BCUT2D eigenvalue weighted by Gasteiger charge is 2.50. The number of amides is 2. The van der Waals surface area contributed by atoms with Crippen molar-refractivity contribution in [2.24, 2.45) is 10.7 Å². The number of halogens is 1. The van der Waals surface area contributed by atoms with Gasteiger partial charge in [0.15, 0.2) is 11.5 Å². The second-order valence-electron chi connectivity index (χ2n) is 9.13. The van der Waals surface area contributed by atoms with Gasteiger partial charge in [-0.2, -0.15) is 0 Å². The number of rotatable bonds is 7. The minimum atomic E-state index is -1.31. The van der Waals surface area contributed by atoms with Gasteiger partial charge in [0.1, 0.15) is 5.82 Å². The Bertz CT molecular complexity index is 1450. The number of aliphatic imine (C=N–C) groups is 1. The normalized spacial score (nSPS) is 14.3. The van der Waals surface area contributed by atoms with Gasteiger partial charge >= 0.3 is 0 Å². The molecule has 2 amide bonds. The van der Waals surface area contributed by atoms with Crippen LogP contribution in [0.25, 0.3) is 0 Å². The molecule has 0 spiro atoms. The van der Waals surface area contributed by atoms with Crippen molar-refractivity contribution in [3.63, 3.8) is 0 Å². The van der Waals surface area contributed by atoms with E-state index in [1.54, 1.807) is 36.2 Å². The van der Waals surface area contributed by atoms with Crippen LogP contribution in [0, 0.1) is 5.82 Å². The number of carbonyl (C=O) groups excluding carboxylic acids is 2. The fourth-order valence-electron chi connectivity index (χ4n) is 4.65. The van der Waals surface area contributed by atoms with Crippen LogP contribution in [0.2, 0.25) is 0 Å². The predicted octanol–water partition coefficient (Wildman–Crippen LogP) is 4.09. The lowest BCUT2D eigenvalue weighted by Gasteiger charge is -2.27. The SMILES string of the molecule is CN(Cc1ccc(F)cc1)C(=O)c1ccnc(CN2C(=O)C(c3ccccc3)(c3ccccc3)N=C2N)c1. The quantitative estimate of drug-likeness (QED) is 0.408. The van der Waals surface area contributed by atoms with Crippen molar-refractivity contribution in [2.75, 3.05) is 7.05 Å². The first kappa shape index (κ1) is 24.8. The summed E-state index contributed by atoms with van der Waals surface area (Å²) in [6.07, 6.45) is 1.53. The van der Waals surface area contributed by atoms with E-state index < -0.39 is 5.54 Å². The third-order valence-electron chi connectivity index (χ3n) is 6.56. The van der Waals surface area contributed by atoms with Crippen LogP contribution in [-0.2, 0) is 23.4 Å². The van der Waals surface area contributed by atoms with Crippen molar-refractivity contribution < 1.29 is 14.0 Å². The topological polar surface area (TPSA) is 91.9 Å². The number of aromatic nitrogens is 1. The van der Waals surface area contributed by atoms with Crippen LogP contribution in [-0.4, -0.2) is 39.6 Å². The van der Waals surface area contributed by atoms with E-state index in [9.17, 15) is 14.0 Å².